The predicted molar refractivity (Wildman–Crippen MR) is 82.2 cm³/mol. The van der Waals surface area contributed by atoms with Gasteiger partial charge in [-0.25, -0.2) is 0 Å². The van der Waals surface area contributed by atoms with E-state index in [1.54, 1.807) is 0 Å². The Morgan fingerprint density at radius 1 is 1.00 bits per heavy atom. The molecule has 3 rings (SSSR count). The summed E-state index contributed by atoms with van der Waals surface area (Å²) in [6.45, 7) is 3.92. The van der Waals surface area contributed by atoms with Gasteiger partial charge in [-0.1, -0.05) is 42.5 Å². The van der Waals surface area contributed by atoms with Gasteiger partial charge in [0.15, 0.2) is 5.78 Å². The molecule has 3 aromatic rings. The van der Waals surface area contributed by atoms with E-state index < -0.39 is 0 Å². The summed E-state index contributed by atoms with van der Waals surface area (Å²) in [6, 6.07) is 16.4. The fourth-order valence-corrected chi connectivity index (χ4v) is 2.64. The van der Waals surface area contributed by atoms with Crippen LogP contribution in [0, 0.1) is 13.8 Å². The quantitative estimate of drug-likeness (QED) is 0.705. The molecule has 0 aliphatic heterocycles. The van der Waals surface area contributed by atoms with E-state index in [1.807, 2.05) is 38.1 Å². The van der Waals surface area contributed by atoms with Crippen LogP contribution in [-0.4, -0.2) is 10.8 Å². The first-order valence-electron chi connectivity index (χ1n) is 6.80. The molecule has 2 heteroatoms. The molecule has 0 unspecified atom stereocenters. The number of carbonyl (C=O) groups is 1. The number of hydrogen-bond donors (Lipinski definition) is 1. The van der Waals surface area contributed by atoms with Gasteiger partial charge in [0.1, 0.15) is 0 Å². The molecule has 0 saturated carbocycles. The summed E-state index contributed by atoms with van der Waals surface area (Å²) in [4.78, 5) is 15.5. The molecule has 0 fully saturated rings. The van der Waals surface area contributed by atoms with Crippen LogP contribution in [0.25, 0.3) is 10.8 Å². The van der Waals surface area contributed by atoms with Crippen molar-refractivity contribution in [1.82, 2.24) is 4.98 Å². The summed E-state index contributed by atoms with van der Waals surface area (Å²) in [5, 5.41) is 2.39. The van der Waals surface area contributed by atoms with E-state index in [9.17, 15) is 4.79 Å². The summed E-state index contributed by atoms with van der Waals surface area (Å²) in [5.74, 6) is 0.169. The molecule has 1 heterocycles. The summed E-state index contributed by atoms with van der Waals surface area (Å²) >= 11 is 0. The zero-order valence-corrected chi connectivity index (χ0v) is 11.7. The van der Waals surface area contributed by atoms with Crippen molar-refractivity contribution in [2.24, 2.45) is 0 Å². The summed E-state index contributed by atoms with van der Waals surface area (Å²) in [7, 11) is 0. The molecular weight excluding hydrogens is 246 g/mol. The first-order chi connectivity index (χ1) is 9.63. The zero-order chi connectivity index (χ0) is 14.1. The fraction of sp³-hybridized carbons (Fsp3) is 0.167. The van der Waals surface area contributed by atoms with Gasteiger partial charge in [-0.2, -0.15) is 0 Å². The van der Waals surface area contributed by atoms with Crippen LogP contribution in [0.1, 0.15) is 27.3 Å². The highest BCUT2D eigenvalue weighted by Gasteiger charge is 2.12. The van der Waals surface area contributed by atoms with Gasteiger partial charge in [-0.15, -0.1) is 0 Å². The van der Waals surface area contributed by atoms with Crippen LogP contribution in [0.15, 0.2) is 48.5 Å². The molecule has 2 nitrogen and oxygen atoms in total. The first kappa shape index (κ1) is 12.7. The average molecular weight is 263 g/mol. The monoisotopic (exact) mass is 263 g/mol. The highest BCUT2D eigenvalue weighted by Crippen LogP contribution is 2.18. The SMILES string of the molecule is Cc1cc(C(=O)Cc2ccc3ccccc3c2)c(C)[nH]1. The molecule has 0 aliphatic carbocycles. The number of nitrogens with one attached hydrogen (secondary N) is 1. The minimum atomic E-state index is 0.169. The van der Waals surface area contributed by atoms with Crippen molar-refractivity contribution in [3.8, 4) is 0 Å². The zero-order valence-electron chi connectivity index (χ0n) is 11.7. The Balaban J connectivity index is 1.89. The van der Waals surface area contributed by atoms with E-state index in [0.29, 0.717) is 6.42 Å². The van der Waals surface area contributed by atoms with Gasteiger partial charge in [-0.3, -0.25) is 4.79 Å². The topological polar surface area (TPSA) is 32.9 Å². The minimum Gasteiger partial charge on any atom is -0.362 e. The number of fused-ring (bicyclic) bond motifs is 1. The lowest BCUT2D eigenvalue weighted by Crippen LogP contribution is -2.04. The van der Waals surface area contributed by atoms with Gasteiger partial charge < -0.3 is 4.98 Å². The van der Waals surface area contributed by atoms with E-state index in [4.69, 9.17) is 0 Å². The molecule has 0 radical (unpaired) electrons. The summed E-state index contributed by atoms with van der Waals surface area (Å²) < 4.78 is 0. The molecule has 0 bridgehead atoms. The van der Waals surface area contributed by atoms with E-state index in [-0.39, 0.29) is 5.78 Å². The Morgan fingerprint density at radius 2 is 1.75 bits per heavy atom. The van der Waals surface area contributed by atoms with Crippen molar-refractivity contribution in [2.45, 2.75) is 20.3 Å². The number of aromatic amines is 1. The number of hydrogen-bond acceptors (Lipinski definition) is 1. The van der Waals surface area contributed by atoms with Gasteiger partial charge >= 0.3 is 0 Å². The Labute approximate surface area is 118 Å². The van der Waals surface area contributed by atoms with E-state index in [0.717, 1.165) is 22.5 Å². The van der Waals surface area contributed by atoms with Crippen LogP contribution in [0.4, 0.5) is 0 Å². The molecule has 20 heavy (non-hydrogen) atoms. The molecule has 1 aromatic heterocycles. The predicted octanol–water partition coefficient (Wildman–Crippen LogP) is 4.21. The fourth-order valence-electron chi connectivity index (χ4n) is 2.64. The number of aryl methyl sites for hydroxylation is 2. The summed E-state index contributed by atoms with van der Waals surface area (Å²) in [5.41, 5.74) is 3.85. The molecular formula is C18H17NO. The Hall–Kier alpha value is -2.35. The van der Waals surface area contributed by atoms with Gasteiger partial charge in [-0.05, 0) is 36.2 Å². The number of H-pyrrole nitrogens is 1. The molecule has 100 valence electrons. The average Bonchev–Trinajstić information content (AvgIpc) is 2.78. The number of ketones is 1. The standard InChI is InChI=1S/C18H17NO/c1-12-9-17(13(2)19-12)18(20)11-14-7-8-15-5-3-4-6-16(15)10-14/h3-10,19H,11H2,1-2H3. The van der Waals surface area contributed by atoms with Crippen molar-refractivity contribution in [3.63, 3.8) is 0 Å². The van der Waals surface area contributed by atoms with E-state index in [1.165, 1.54) is 10.8 Å². The lowest BCUT2D eigenvalue weighted by Gasteiger charge is -2.03. The highest BCUT2D eigenvalue weighted by atomic mass is 16.1. The third-order valence-corrected chi connectivity index (χ3v) is 3.63. The maximum absolute atomic E-state index is 12.4. The van der Waals surface area contributed by atoms with Crippen molar-refractivity contribution >= 4 is 16.6 Å². The summed E-state index contributed by atoms with van der Waals surface area (Å²) in [6.07, 6.45) is 0.447. The lowest BCUT2D eigenvalue weighted by atomic mass is 10.0. The Kier molecular flexibility index (Phi) is 3.15. The van der Waals surface area contributed by atoms with Crippen LogP contribution in [0.5, 0.6) is 0 Å². The lowest BCUT2D eigenvalue weighted by molar-refractivity contribution is 0.0992. The van der Waals surface area contributed by atoms with Crippen molar-refractivity contribution in [1.29, 1.82) is 0 Å². The number of rotatable bonds is 3. The maximum Gasteiger partial charge on any atom is 0.169 e. The number of benzene rings is 2. The Bertz CT molecular complexity index is 783. The van der Waals surface area contributed by atoms with E-state index in [2.05, 4.69) is 29.2 Å². The van der Waals surface area contributed by atoms with Crippen molar-refractivity contribution in [2.75, 3.05) is 0 Å². The molecule has 1 N–H and O–H groups in total. The number of aromatic nitrogens is 1. The molecule has 0 saturated heterocycles. The first-order valence-corrected chi connectivity index (χ1v) is 6.80. The highest BCUT2D eigenvalue weighted by molar-refractivity contribution is 5.99. The second kappa shape index (κ2) is 4.97. The third-order valence-electron chi connectivity index (χ3n) is 3.63. The van der Waals surface area contributed by atoms with Gasteiger partial charge in [0.25, 0.3) is 0 Å². The van der Waals surface area contributed by atoms with Crippen molar-refractivity contribution < 1.29 is 4.79 Å². The largest absolute Gasteiger partial charge is 0.362 e. The number of Topliss-reactive ketones (excluding diaryl/α,β-unsaturated/α-hetero) is 1. The molecule has 0 aliphatic rings. The van der Waals surface area contributed by atoms with Crippen LogP contribution in [-0.2, 0) is 6.42 Å². The molecule has 0 atom stereocenters. The Morgan fingerprint density at radius 3 is 2.45 bits per heavy atom. The smallest absolute Gasteiger partial charge is 0.169 e. The second-order valence-electron chi connectivity index (χ2n) is 5.27. The van der Waals surface area contributed by atoms with Crippen LogP contribution < -0.4 is 0 Å². The van der Waals surface area contributed by atoms with Gasteiger partial charge in [0, 0.05) is 23.4 Å². The van der Waals surface area contributed by atoms with Gasteiger partial charge in [0.05, 0.1) is 0 Å². The normalized spacial score (nSPS) is 10.9. The third kappa shape index (κ3) is 2.37. The molecule has 0 spiro atoms. The minimum absolute atomic E-state index is 0.169. The number of carbonyl (C=O) groups excluding carboxylic acids is 1. The van der Waals surface area contributed by atoms with Crippen LogP contribution in [0.2, 0.25) is 0 Å². The van der Waals surface area contributed by atoms with Crippen LogP contribution >= 0.6 is 0 Å². The molecule has 2 aromatic carbocycles. The van der Waals surface area contributed by atoms with Crippen LogP contribution in [0.3, 0.4) is 0 Å². The maximum atomic E-state index is 12.4. The van der Waals surface area contributed by atoms with E-state index >= 15 is 0 Å². The molecule has 0 amide bonds. The second-order valence-corrected chi connectivity index (χ2v) is 5.27. The van der Waals surface area contributed by atoms with Crippen molar-refractivity contribution in [3.05, 3.63) is 71.0 Å². The van der Waals surface area contributed by atoms with Gasteiger partial charge in [0.2, 0.25) is 0 Å².